The van der Waals surface area contributed by atoms with Gasteiger partial charge in [0.1, 0.15) is 5.02 Å². The van der Waals surface area contributed by atoms with E-state index in [1.807, 2.05) is 0 Å². The summed E-state index contributed by atoms with van der Waals surface area (Å²) >= 11 is 6.13. The maximum Gasteiger partial charge on any atom is 0.335 e. The largest absolute Gasteiger partial charge is 0.478 e. The first-order chi connectivity index (χ1) is 11.9. The normalized spacial score (nSPS) is 13.4. The molecule has 7 heteroatoms. The van der Waals surface area contributed by atoms with Crippen molar-refractivity contribution in [2.24, 2.45) is 5.92 Å². The number of aromatic nitrogens is 1. The van der Waals surface area contributed by atoms with Crippen LogP contribution < -0.4 is 10.1 Å². The monoisotopic (exact) mass is 360 g/mol. The Kier molecular flexibility index (Phi) is 4.90. The maximum absolute atomic E-state index is 12.4. The summed E-state index contributed by atoms with van der Waals surface area (Å²) in [4.78, 5) is 27.6. The summed E-state index contributed by atoms with van der Waals surface area (Å²) in [5.74, 6) is -0.592. The van der Waals surface area contributed by atoms with E-state index in [2.05, 4.69) is 10.3 Å². The zero-order valence-electron chi connectivity index (χ0n) is 13.6. The second kappa shape index (κ2) is 7.11. The summed E-state index contributed by atoms with van der Waals surface area (Å²) in [5, 5.41) is 12.0. The lowest BCUT2D eigenvalue weighted by atomic mass is 10.1. The van der Waals surface area contributed by atoms with E-state index >= 15 is 0 Å². The average molecular weight is 361 g/mol. The van der Waals surface area contributed by atoms with Crippen LogP contribution in [-0.2, 0) is 0 Å². The van der Waals surface area contributed by atoms with Crippen LogP contribution >= 0.6 is 11.6 Å². The third kappa shape index (κ3) is 4.28. The van der Waals surface area contributed by atoms with Gasteiger partial charge in [0.05, 0.1) is 17.7 Å². The fourth-order valence-electron chi connectivity index (χ4n) is 2.22. The number of carboxylic acid groups (broad SMARTS) is 1. The molecule has 130 valence electrons. The van der Waals surface area contributed by atoms with E-state index < -0.39 is 11.9 Å². The first-order valence-electron chi connectivity index (χ1n) is 7.87. The van der Waals surface area contributed by atoms with Crippen molar-refractivity contribution in [2.75, 3.05) is 11.9 Å². The number of pyridine rings is 1. The van der Waals surface area contributed by atoms with Gasteiger partial charge in [-0.1, -0.05) is 17.7 Å². The number of rotatable bonds is 6. The first-order valence-corrected chi connectivity index (χ1v) is 8.25. The second-order valence-corrected chi connectivity index (χ2v) is 6.46. The Hall–Kier alpha value is -2.60. The van der Waals surface area contributed by atoms with E-state index in [0.717, 1.165) is 18.4 Å². The SMILES string of the molecule is Cc1ccc(C(=O)O)cc1NC(=O)c1cnc(OCC2CC2)c(Cl)c1. The number of anilines is 1. The van der Waals surface area contributed by atoms with E-state index in [-0.39, 0.29) is 16.1 Å². The molecule has 0 bridgehead atoms. The van der Waals surface area contributed by atoms with Crippen molar-refractivity contribution < 1.29 is 19.4 Å². The molecule has 2 N–H and O–H groups in total. The highest BCUT2D eigenvalue weighted by atomic mass is 35.5. The van der Waals surface area contributed by atoms with Crippen molar-refractivity contribution in [2.45, 2.75) is 19.8 Å². The zero-order chi connectivity index (χ0) is 18.0. The molecule has 0 radical (unpaired) electrons. The first kappa shape index (κ1) is 17.2. The molecule has 1 aromatic carbocycles. The molecule has 0 spiro atoms. The molecule has 1 aliphatic carbocycles. The summed E-state index contributed by atoms with van der Waals surface area (Å²) < 4.78 is 5.53. The zero-order valence-corrected chi connectivity index (χ0v) is 14.3. The molecule has 1 amide bonds. The van der Waals surface area contributed by atoms with Crippen molar-refractivity contribution in [3.63, 3.8) is 0 Å². The number of hydrogen-bond acceptors (Lipinski definition) is 4. The number of amides is 1. The van der Waals surface area contributed by atoms with E-state index in [0.29, 0.717) is 24.1 Å². The number of benzene rings is 1. The lowest BCUT2D eigenvalue weighted by molar-refractivity contribution is 0.0696. The minimum Gasteiger partial charge on any atom is -0.478 e. The molecule has 0 saturated heterocycles. The highest BCUT2D eigenvalue weighted by Gasteiger charge is 2.23. The van der Waals surface area contributed by atoms with Gasteiger partial charge in [-0.05, 0) is 49.4 Å². The molecular formula is C18H17ClN2O4. The third-order valence-corrected chi connectivity index (χ3v) is 4.23. The quantitative estimate of drug-likeness (QED) is 0.818. The van der Waals surface area contributed by atoms with Gasteiger partial charge in [0.2, 0.25) is 5.88 Å². The molecule has 0 atom stereocenters. The van der Waals surface area contributed by atoms with E-state index in [1.54, 1.807) is 13.0 Å². The number of carbonyl (C=O) groups excluding carboxylic acids is 1. The number of nitrogens with one attached hydrogen (secondary N) is 1. The molecule has 0 unspecified atom stereocenters. The van der Waals surface area contributed by atoms with Crippen LogP contribution in [0.15, 0.2) is 30.5 Å². The van der Waals surface area contributed by atoms with Crippen LogP contribution in [0.5, 0.6) is 5.88 Å². The van der Waals surface area contributed by atoms with Crippen molar-refractivity contribution >= 4 is 29.2 Å². The number of nitrogens with zero attached hydrogens (tertiary/aromatic N) is 1. The van der Waals surface area contributed by atoms with E-state index in [1.165, 1.54) is 24.4 Å². The fraction of sp³-hybridized carbons (Fsp3) is 0.278. The Bertz CT molecular complexity index is 834. The summed E-state index contributed by atoms with van der Waals surface area (Å²) in [6, 6.07) is 6.02. The van der Waals surface area contributed by atoms with Gasteiger partial charge in [-0.2, -0.15) is 0 Å². The smallest absolute Gasteiger partial charge is 0.335 e. The maximum atomic E-state index is 12.4. The predicted molar refractivity (Wildman–Crippen MR) is 93.6 cm³/mol. The molecule has 3 rings (SSSR count). The number of ether oxygens (including phenoxy) is 1. The van der Waals surface area contributed by atoms with Crippen LogP contribution in [-0.4, -0.2) is 28.6 Å². The highest BCUT2D eigenvalue weighted by Crippen LogP contribution is 2.31. The second-order valence-electron chi connectivity index (χ2n) is 6.05. The average Bonchev–Trinajstić information content (AvgIpc) is 3.39. The van der Waals surface area contributed by atoms with E-state index in [4.69, 9.17) is 21.4 Å². The van der Waals surface area contributed by atoms with Crippen LogP contribution in [0.25, 0.3) is 0 Å². The standard InChI is InChI=1S/C18H17ClN2O4/c1-10-2-5-12(18(23)24)7-15(10)21-16(22)13-6-14(19)17(20-8-13)25-9-11-3-4-11/h2,5-8,11H,3-4,9H2,1H3,(H,21,22)(H,23,24). The van der Waals surface area contributed by atoms with Crippen LogP contribution in [0, 0.1) is 12.8 Å². The predicted octanol–water partition coefficient (Wildman–Crippen LogP) is 3.78. The third-order valence-electron chi connectivity index (χ3n) is 3.96. The van der Waals surface area contributed by atoms with Crippen molar-refractivity contribution in [1.82, 2.24) is 4.98 Å². The van der Waals surface area contributed by atoms with Gasteiger partial charge >= 0.3 is 5.97 Å². The highest BCUT2D eigenvalue weighted by molar-refractivity contribution is 6.32. The minimum absolute atomic E-state index is 0.0980. The fourth-order valence-corrected chi connectivity index (χ4v) is 2.44. The summed E-state index contributed by atoms with van der Waals surface area (Å²) in [7, 11) is 0. The number of hydrogen-bond donors (Lipinski definition) is 2. The van der Waals surface area contributed by atoms with Crippen LogP contribution in [0.3, 0.4) is 0 Å². The van der Waals surface area contributed by atoms with Crippen LogP contribution in [0.4, 0.5) is 5.69 Å². The topological polar surface area (TPSA) is 88.5 Å². The van der Waals surface area contributed by atoms with Crippen molar-refractivity contribution in [3.05, 3.63) is 52.2 Å². The van der Waals surface area contributed by atoms with Gasteiger partial charge < -0.3 is 15.2 Å². The molecule has 1 heterocycles. The van der Waals surface area contributed by atoms with Crippen molar-refractivity contribution in [1.29, 1.82) is 0 Å². The van der Waals surface area contributed by atoms with Gasteiger partial charge in [-0.3, -0.25) is 4.79 Å². The summed E-state index contributed by atoms with van der Waals surface area (Å²) in [5.41, 5.74) is 1.54. The Morgan fingerprint density at radius 2 is 2.08 bits per heavy atom. The van der Waals surface area contributed by atoms with E-state index in [9.17, 15) is 9.59 Å². The number of carboxylic acids is 1. The minimum atomic E-state index is -1.06. The van der Waals surface area contributed by atoms with Gasteiger partial charge in [0.15, 0.2) is 0 Å². The number of halogens is 1. The Morgan fingerprint density at radius 1 is 1.32 bits per heavy atom. The number of aromatic carboxylic acids is 1. The Balaban J connectivity index is 1.73. The molecule has 1 saturated carbocycles. The van der Waals surface area contributed by atoms with Crippen LogP contribution in [0.1, 0.15) is 39.1 Å². The summed E-state index contributed by atoms with van der Waals surface area (Å²) in [6.45, 7) is 2.36. The van der Waals surface area contributed by atoms with Gasteiger partial charge in [0.25, 0.3) is 5.91 Å². The molecule has 0 aliphatic heterocycles. The molecular weight excluding hydrogens is 344 g/mol. The molecule has 25 heavy (non-hydrogen) atoms. The van der Waals surface area contributed by atoms with Gasteiger partial charge in [-0.25, -0.2) is 9.78 Å². The number of carbonyl (C=O) groups is 2. The lowest BCUT2D eigenvalue weighted by Gasteiger charge is -2.11. The summed E-state index contributed by atoms with van der Waals surface area (Å²) in [6.07, 6.45) is 3.71. The van der Waals surface area contributed by atoms with Gasteiger partial charge in [-0.15, -0.1) is 0 Å². The molecule has 2 aromatic rings. The molecule has 6 nitrogen and oxygen atoms in total. The Morgan fingerprint density at radius 3 is 2.72 bits per heavy atom. The molecule has 1 aliphatic rings. The molecule has 1 aromatic heterocycles. The lowest BCUT2D eigenvalue weighted by Crippen LogP contribution is -2.14. The Labute approximate surface area is 149 Å². The van der Waals surface area contributed by atoms with Crippen molar-refractivity contribution in [3.8, 4) is 5.88 Å². The number of aryl methyl sites for hydroxylation is 1. The van der Waals surface area contributed by atoms with Crippen LogP contribution in [0.2, 0.25) is 5.02 Å². The molecule has 1 fully saturated rings. The van der Waals surface area contributed by atoms with Gasteiger partial charge in [0, 0.05) is 11.9 Å².